The molecule has 0 saturated carbocycles. The first-order valence-corrected chi connectivity index (χ1v) is 5.35. The Morgan fingerprint density at radius 1 is 1.53 bits per heavy atom. The average molecular weight is 210 g/mol. The second-order valence-corrected chi connectivity index (χ2v) is 3.68. The number of ether oxygens (including phenoxy) is 2. The maximum Gasteiger partial charge on any atom is 0.170 e. The number of unbranched alkanes of at least 4 members (excludes halogenated alkanes) is 1. The zero-order valence-electron chi connectivity index (χ0n) is 8.83. The van der Waals surface area contributed by atoms with Gasteiger partial charge in [-0.1, -0.05) is 25.5 Å². The van der Waals surface area contributed by atoms with Gasteiger partial charge in [-0.2, -0.15) is 0 Å². The summed E-state index contributed by atoms with van der Waals surface area (Å²) in [5.41, 5.74) is 0.615. The molecule has 1 heterocycles. The van der Waals surface area contributed by atoms with Gasteiger partial charge < -0.3 is 9.47 Å². The Morgan fingerprint density at radius 2 is 2.33 bits per heavy atom. The smallest absolute Gasteiger partial charge is 0.170 e. The van der Waals surface area contributed by atoms with Crippen LogP contribution in [0.25, 0.3) is 0 Å². The molecule has 1 unspecified atom stereocenters. The van der Waals surface area contributed by atoms with Gasteiger partial charge >= 0.3 is 0 Å². The Labute approximate surface area is 89.0 Å². The van der Waals surface area contributed by atoms with Gasteiger partial charge in [-0.05, 0) is 12.5 Å². The van der Waals surface area contributed by atoms with E-state index in [4.69, 9.17) is 9.47 Å². The molecule has 2 rings (SSSR count). The number of epoxide rings is 1. The molecule has 2 nitrogen and oxygen atoms in total. The van der Waals surface area contributed by atoms with Crippen LogP contribution in [0.2, 0.25) is 0 Å². The molecule has 3 heteroatoms. The molecule has 0 bridgehead atoms. The van der Waals surface area contributed by atoms with Crippen LogP contribution in [0.5, 0.6) is 5.75 Å². The highest BCUT2D eigenvalue weighted by atomic mass is 19.1. The molecule has 15 heavy (non-hydrogen) atoms. The predicted octanol–water partition coefficient (Wildman–Crippen LogP) is 3.08. The van der Waals surface area contributed by atoms with Crippen LogP contribution in [0.3, 0.4) is 0 Å². The number of halogens is 1. The van der Waals surface area contributed by atoms with Gasteiger partial charge in [-0.25, -0.2) is 4.39 Å². The van der Waals surface area contributed by atoms with E-state index in [1.54, 1.807) is 18.2 Å². The molecule has 0 amide bonds. The lowest BCUT2D eigenvalue weighted by Crippen LogP contribution is -2.00. The SMILES string of the molecule is CCCCOc1cccc(C2CO2)c1F. The van der Waals surface area contributed by atoms with Gasteiger partial charge in [-0.15, -0.1) is 0 Å². The van der Waals surface area contributed by atoms with E-state index in [2.05, 4.69) is 6.92 Å². The van der Waals surface area contributed by atoms with Crippen LogP contribution >= 0.6 is 0 Å². The van der Waals surface area contributed by atoms with Gasteiger partial charge in [0.25, 0.3) is 0 Å². The van der Waals surface area contributed by atoms with Crippen molar-refractivity contribution in [1.82, 2.24) is 0 Å². The van der Waals surface area contributed by atoms with E-state index in [9.17, 15) is 4.39 Å². The molecular formula is C12H15FO2. The van der Waals surface area contributed by atoms with E-state index in [0.29, 0.717) is 24.5 Å². The van der Waals surface area contributed by atoms with Gasteiger partial charge in [0, 0.05) is 5.56 Å². The molecule has 1 aliphatic heterocycles. The van der Waals surface area contributed by atoms with Crippen LogP contribution in [0.1, 0.15) is 31.4 Å². The summed E-state index contributed by atoms with van der Waals surface area (Å²) >= 11 is 0. The third-order valence-electron chi connectivity index (χ3n) is 2.43. The zero-order valence-corrected chi connectivity index (χ0v) is 8.83. The fourth-order valence-electron chi connectivity index (χ4n) is 1.44. The van der Waals surface area contributed by atoms with Crippen molar-refractivity contribution >= 4 is 0 Å². The molecule has 0 N–H and O–H groups in total. The lowest BCUT2D eigenvalue weighted by Gasteiger charge is -2.08. The predicted molar refractivity (Wildman–Crippen MR) is 55.5 cm³/mol. The van der Waals surface area contributed by atoms with Gasteiger partial charge in [0.1, 0.15) is 6.10 Å². The Balaban J connectivity index is 2.06. The van der Waals surface area contributed by atoms with Crippen molar-refractivity contribution < 1.29 is 13.9 Å². The molecule has 1 aliphatic rings. The van der Waals surface area contributed by atoms with E-state index in [1.807, 2.05) is 0 Å². The quantitative estimate of drug-likeness (QED) is 0.550. The van der Waals surface area contributed by atoms with Crippen molar-refractivity contribution in [1.29, 1.82) is 0 Å². The molecule has 0 aromatic heterocycles. The standard InChI is InChI=1S/C12H15FO2/c1-2-3-7-14-10-6-4-5-9(12(10)13)11-8-15-11/h4-6,11H,2-3,7-8H2,1H3. The molecule has 1 fully saturated rings. The Hall–Kier alpha value is -1.09. The number of rotatable bonds is 5. The zero-order chi connectivity index (χ0) is 10.7. The van der Waals surface area contributed by atoms with Crippen molar-refractivity contribution in [2.45, 2.75) is 25.9 Å². The van der Waals surface area contributed by atoms with Gasteiger partial charge in [0.15, 0.2) is 11.6 Å². The van der Waals surface area contributed by atoms with Gasteiger partial charge in [0.2, 0.25) is 0 Å². The van der Waals surface area contributed by atoms with Crippen LogP contribution in [0, 0.1) is 5.82 Å². The lowest BCUT2D eigenvalue weighted by atomic mass is 10.1. The average Bonchev–Trinajstić information content (AvgIpc) is 3.05. The summed E-state index contributed by atoms with van der Waals surface area (Å²) in [5, 5.41) is 0. The van der Waals surface area contributed by atoms with Gasteiger partial charge in [0.05, 0.1) is 13.2 Å². The lowest BCUT2D eigenvalue weighted by molar-refractivity contribution is 0.291. The summed E-state index contributed by atoms with van der Waals surface area (Å²) in [4.78, 5) is 0. The number of benzene rings is 1. The highest BCUT2D eigenvalue weighted by Crippen LogP contribution is 2.34. The molecule has 1 atom stereocenters. The van der Waals surface area contributed by atoms with Gasteiger partial charge in [-0.3, -0.25) is 0 Å². The fraction of sp³-hybridized carbons (Fsp3) is 0.500. The maximum atomic E-state index is 13.8. The van der Waals surface area contributed by atoms with E-state index in [0.717, 1.165) is 12.8 Å². The summed E-state index contributed by atoms with van der Waals surface area (Å²) in [6.45, 7) is 3.27. The van der Waals surface area contributed by atoms with E-state index in [-0.39, 0.29) is 11.9 Å². The van der Waals surface area contributed by atoms with E-state index < -0.39 is 0 Å². The minimum Gasteiger partial charge on any atom is -0.491 e. The van der Waals surface area contributed by atoms with Crippen LogP contribution in [-0.4, -0.2) is 13.2 Å². The monoisotopic (exact) mass is 210 g/mol. The largest absolute Gasteiger partial charge is 0.491 e. The van der Waals surface area contributed by atoms with Crippen LogP contribution < -0.4 is 4.74 Å². The highest BCUT2D eigenvalue weighted by Gasteiger charge is 2.29. The first-order valence-electron chi connectivity index (χ1n) is 5.35. The molecule has 82 valence electrons. The van der Waals surface area contributed by atoms with E-state index in [1.165, 1.54) is 0 Å². The normalized spacial score (nSPS) is 18.9. The summed E-state index contributed by atoms with van der Waals surface area (Å²) < 4.78 is 24.2. The minimum absolute atomic E-state index is 0.0558. The third-order valence-corrected chi connectivity index (χ3v) is 2.43. The van der Waals surface area contributed by atoms with Crippen molar-refractivity contribution in [3.05, 3.63) is 29.6 Å². The number of hydrogen-bond donors (Lipinski definition) is 0. The second-order valence-electron chi connectivity index (χ2n) is 3.68. The summed E-state index contributed by atoms with van der Waals surface area (Å²) in [5.74, 6) is 0.0764. The second kappa shape index (κ2) is 4.62. The van der Waals surface area contributed by atoms with Crippen molar-refractivity contribution in [3.8, 4) is 5.75 Å². The molecule has 1 aromatic rings. The molecule has 0 aliphatic carbocycles. The summed E-state index contributed by atoms with van der Waals surface area (Å²) in [6, 6.07) is 5.22. The molecule has 0 spiro atoms. The van der Waals surface area contributed by atoms with Crippen molar-refractivity contribution in [2.75, 3.05) is 13.2 Å². The molecule has 0 radical (unpaired) electrons. The summed E-state index contributed by atoms with van der Waals surface area (Å²) in [6.07, 6.45) is 1.94. The highest BCUT2D eigenvalue weighted by molar-refractivity contribution is 5.33. The Bertz CT molecular complexity index is 334. The van der Waals surface area contributed by atoms with E-state index >= 15 is 0 Å². The first kappa shape index (κ1) is 10.4. The third kappa shape index (κ3) is 2.48. The Morgan fingerprint density at radius 3 is 3.00 bits per heavy atom. The minimum atomic E-state index is -0.267. The molecular weight excluding hydrogens is 195 g/mol. The topological polar surface area (TPSA) is 21.8 Å². The maximum absolute atomic E-state index is 13.8. The van der Waals surface area contributed by atoms with Crippen LogP contribution in [0.4, 0.5) is 4.39 Å². The summed E-state index contributed by atoms with van der Waals surface area (Å²) in [7, 11) is 0. The van der Waals surface area contributed by atoms with Crippen molar-refractivity contribution in [2.24, 2.45) is 0 Å². The number of hydrogen-bond acceptors (Lipinski definition) is 2. The fourth-order valence-corrected chi connectivity index (χ4v) is 1.44. The molecule has 1 aromatic carbocycles. The van der Waals surface area contributed by atoms with Crippen LogP contribution in [-0.2, 0) is 4.74 Å². The first-order chi connectivity index (χ1) is 7.33. The van der Waals surface area contributed by atoms with Crippen LogP contribution in [0.15, 0.2) is 18.2 Å². The molecule has 1 saturated heterocycles. The van der Waals surface area contributed by atoms with Crippen molar-refractivity contribution in [3.63, 3.8) is 0 Å². The Kier molecular flexibility index (Phi) is 3.21.